The number of nitrogens with one attached hydrogen (secondary N) is 1. The molecule has 0 radical (unpaired) electrons. The van der Waals surface area contributed by atoms with E-state index in [1.807, 2.05) is 6.92 Å². The zero-order valence-electron chi connectivity index (χ0n) is 10.00. The van der Waals surface area contributed by atoms with Gasteiger partial charge in [-0.2, -0.15) is 18.2 Å². The van der Waals surface area contributed by atoms with Crippen LogP contribution < -0.4 is 5.32 Å². The molecule has 1 aromatic rings. The van der Waals surface area contributed by atoms with Crippen molar-refractivity contribution in [2.75, 3.05) is 26.2 Å². The van der Waals surface area contributed by atoms with Crippen molar-refractivity contribution >= 4 is 0 Å². The Hall–Kier alpha value is -1.15. The van der Waals surface area contributed by atoms with Gasteiger partial charge in [0.2, 0.25) is 5.89 Å². The van der Waals surface area contributed by atoms with Crippen LogP contribution in [-0.4, -0.2) is 47.4 Å². The summed E-state index contributed by atoms with van der Waals surface area (Å²) in [6, 6.07) is -0.151. The minimum atomic E-state index is -4.31. The molecule has 1 unspecified atom stereocenters. The van der Waals surface area contributed by atoms with Crippen molar-refractivity contribution < 1.29 is 17.7 Å². The lowest BCUT2D eigenvalue weighted by atomic mass is 10.2. The molecular formula is C10H15F3N4O. The van der Waals surface area contributed by atoms with E-state index in [1.165, 1.54) is 0 Å². The molecule has 0 saturated carbocycles. The Kier molecular flexibility index (Phi) is 3.86. The maximum atomic E-state index is 12.2. The molecule has 0 amide bonds. The summed E-state index contributed by atoms with van der Waals surface area (Å²) < 4.78 is 41.4. The van der Waals surface area contributed by atoms with Crippen LogP contribution in [0.2, 0.25) is 0 Å². The average Bonchev–Trinajstić information content (AvgIpc) is 2.75. The average molecular weight is 264 g/mol. The predicted molar refractivity (Wildman–Crippen MR) is 56.9 cm³/mol. The van der Waals surface area contributed by atoms with Crippen molar-refractivity contribution in [3.05, 3.63) is 11.7 Å². The number of aromatic nitrogens is 2. The molecule has 1 aliphatic heterocycles. The summed E-state index contributed by atoms with van der Waals surface area (Å²) in [5, 5.41) is 6.57. The molecule has 1 atom stereocenters. The first-order valence-electron chi connectivity index (χ1n) is 5.80. The highest BCUT2D eigenvalue weighted by molar-refractivity contribution is 4.94. The Morgan fingerprint density at radius 1 is 1.39 bits per heavy atom. The zero-order chi connectivity index (χ0) is 13.2. The van der Waals surface area contributed by atoms with Crippen LogP contribution >= 0.6 is 0 Å². The molecule has 0 aromatic carbocycles. The van der Waals surface area contributed by atoms with E-state index < -0.39 is 12.6 Å². The molecule has 1 saturated heterocycles. The minimum absolute atomic E-state index is 0.151. The van der Waals surface area contributed by atoms with Gasteiger partial charge in [-0.15, -0.1) is 0 Å². The number of nitrogens with zero attached hydrogens (tertiary/aromatic N) is 3. The van der Waals surface area contributed by atoms with Crippen molar-refractivity contribution in [2.45, 2.75) is 25.6 Å². The Morgan fingerprint density at radius 2 is 2.06 bits per heavy atom. The monoisotopic (exact) mass is 264 g/mol. The lowest BCUT2D eigenvalue weighted by Crippen LogP contribution is -2.44. The number of rotatable bonds is 3. The van der Waals surface area contributed by atoms with E-state index in [0.717, 1.165) is 26.2 Å². The third kappa shape index (κ3) is 3.42. The topological polar surface area (TPSA) is 54.2 Å². The first-order chi connectivity index (χ1) is 8.46. The number of hydrogen-bond acceptors (Lipinski definition) is 5. The molecule has 2 heterocycles. The van der Waals surface area contributed by atoms with Gasteiger partial charge in [0.25, 0.3) is 0 Å². The van der Waals surface area contributed by atoms with Gasteiger partial charge in [-0.3, -0.25) is 4.90 Å². The van der Waals surface area contributed by atoms with Crippen LogP contribution in [0.15, 0.2) is 4.52 Å². The smallest absolute Gasteiger partial charge is 0.338 e. The molecule has 1 N–H and O–H groups in total. The van der Waals surface area contributed by atoms with E-state index in [0.29, 0.717) is 0 Å². The van der Waals surface area contributed by atoms with E-state index in [9.17, 15) is 13.2 Å². The van der Waals surface area contributed by atoms with E-state index in [-0.39, 0.29) is 17.8 Å². The van der Waals surface area contributed by atoms with Crippen LogP contribution in [-0.2, 0) is 6.42 Å². The van der Waals surface area contributed by atoms with Gasteiger partial charge >= 0.3 is 6.18 Å². The fraction of sp³-hybridized carbons (Fsp3) is 0.800. The predicted octanol–water partition coefficient (Wildman–Crippen LogP) is 1.14. The van der Waals surface area contributed by atoms with Gasteiger partial charge < -0.3 is 9.84 Å². The fourth-order valence-corrected chi connectivity index (χ4v) is 1.91. The molecule has 2 rings (SSSR count). The molecule has 0 bridgehead atoms. The van der Waals surface area contributed by atoms with Crippen molar-refractivity contribution in [1.82, 2.24) is 20.4 Å². The van der Waals surface area contributed by atoms with Crippen LogP contribution in [0, 0.1) is 0 Å². The molecule has 1 aliphatic rings. The standard InChI is InChI=1S/C10H15F3N4O/c1-7(17-4-2-14-3-5-17)9-15-8(16-18-9)6-10(11,12)13/h7,14H,2-6H2,1H3. The first-order valence-corrected chi connectivity index (χ1v) is 5.80. The van der Waals surface area contributed by atoms with Gasteiger partial charge in [-0.1, -0.05) is 5.16 Å². The summed E-state index contributed by atoms with van der Waals surface area (Å²) in [4.78, 5) is 5.91. The third-order valence-corrected chi connectivity index (χ3v) is 2.90. The second-order valence-corrected chi connectivity index (χ2v) is 4.30. The first kappa shape index (κ1) is 13.3. The van der Waals surface area contributed by atoms with Crippen molar-refractivity contribution in [3.63, 3.8) is 0 Å². The van der Waals surface area contributed by atoms with Gasteiger partial charge in [-0.05, 0) is 6.92 Å². The minimum Gasteiger partial charge on any atom is -0.338 e. The number of alkyl halides is 3. The normalized spacial score (nSPS) is 20.0. The number of piperazine rings is 1. The van der Waals surface area contributed by atoms with Gasteiger partial charge in [0.1, 0.15) is 6.42 Å². The van der Waals surface area contributed by atoms with Crippen LogP contribution in [0.5, 0.6) is 0 Å². The molecule has 1 fully saturated rings. The number of halogens is 3. The van der Waals surface area contributed by atoms with Crippen LogP contribution in [0.25, 0.3) is 0 Å². The number of hydrogen-bond donors (Lipinski definition) is 1. The second kappa shape index (κ2) is 5.23. The van der Waals surface area contributed by atoms with Crippen molar-refractivity contribution in [2.24, 2.45) is 0 Å². The Morgan fingerprint density at radius 3 is 2.67 bits per heavy atom. The van der Waals surface area contributed by atoms with E-state index in [4.69, 9.17) is 4.52 Å². The largest absolute Gasteiger partial charge is 0.396 e. The lowest BCUT2D eigenvalue weighted by Gasteiger charge is -2.30. The van der Waals surface area contributed by atoms with Gasteiger partial charge in [-0.25, -0.2) is 0 Å². The van der Waals surface area contributed by atoms with Crippen LogP contribution in [0.1, 0.15) is 24.7 Å². The second-order valence-electron chi connectivity index (χ2n) is 4.30. The molecule has 0 aliphatic carbocycles. The SMILES string of the molecule is CC(c1nc(CC(F)(F)F)no1)N1CCNCC1. The zero-order valence-corrected chi connectivity index (χ0v) is 10.00. The lowest BCUT2D eigenvalue weighted by molar-refractivity contribution is -0.128. The highest BCUT2D eigenvalue weighted by Gasteiger charge is 2.31. The summed E-state index contributed by atoms with van der Waals surface area (Å²) in [5.41, 5.74) is 0. The van der Waals surface area contributed by atoms with Crippen LogP contribution in [0.4, 0.5) is 13.2 Å². The molecular weight excluding hydrogens is 249 g/mol. The van der Waals surface area contributed by atoms with E-state index in [1.54, 1.807) is 0 Å². The maximum Gasteiger partial charge on any atom is 0.396 e. The Labute approximate surface area is 102 Å². The van der Waals surface area contributed by atoms with Crippen molar-refractivity contribution in [1.29, 1.82) is 0 Å². The Bertz CT molecular complexity index is 387. The van der Waals surface area contributed by atoms with Crippen molar-refractivity contribution in [3.8, 4) is 0 Å². The molecule has 0 spiro atoms. The Balaban J connectivity index is 2.00. The third-order valence-electron chi connectivity index (χ3n) is 2.90. The molecule has 5 nitrogen and oxygen atoms in total. The summed E-state index contributed by atoms with van der Waals surface area (Å²) in [5.74, 6) is -0.0596. The summed E-state index contributed by atoms with van der Waals surface area (Å²) in [6.45, 7) is 5.20. The highest BCUT2D eigenvalue weighted by atomic mass is 19.4. The fourth-order valence-electron chi connectivity index (χ4n) is 1.91. The molecule has 1 aromatic heterocycles. The quantitative estimate of drug-likeness (QED) is 0.887. The van der Waals surface area contributed by atoms with Gasteiger partial charge in [0, 0.05) is 26.2 Å². The summed E-state index contributed by atoms with van der Waals surface area (Å²) >= 11 is 0. The van der Waals surface area contributed by atoms with E-state index >= 15 is 0 Å². The summed E-state index contributed by atoms with van der Waals surface area (Å²) in [6.07, 6.45) is -5.45. The van der Waals surface area contributed by atoms with E-state index in [2.05, 4.69) is 20.4 Å². The van der Waals surface area contributed by atoms with Gasteiger partial charge in [0.15, 0.2) is 5.82 Å². The molecule has 8 heteroatoms. The van der Waals surface area contributed by atoms with Gasteiger partial charge in [0.05, 0.1) is 6.04 Å². The van der Waals surface area contributed by atoms with Crippen LogP contribution in [0.3, 0.4) is 0 Å². The molecule has 18 heavy (non-hydrogen) atoms. The summed E-state index contributed by atoms with van der Waals surface area (Å²) in [7, 11) is 0. The molecule has 102 valence electrons. The highest BCUT2D eigenvalue weighted by Crippen LogP contribution is 2.22. The maximum absolute atomic E-state index is 12.2.